The van der Waals surface area contributed by atoms with Crippen LogP contribution in [-0.2, 0) is 14.3 Å². The van der Waals surface area contributed by atoms with Crippen LogP contribution in [0.2, 0.25) is 0 Å². The van der Waals surface area contributed by atoms with Crippen molar-refractivity contribution in [1.29, 1.82) is 0 Å². The molecule has 0 radical (unpaired) electrons. The monoisotopic (exact) mass is 473 g/mol. The first-order valence-corrected chi connectivity index (χ1v) is 12.1. The van der Waals surface area contributed by atoms with E-state index >= 15 is 0 Å². The van der Waals surface area contributed by atoms with Crippen LogP contribution in [0.3, 0.4) is 0 Å². The van der Waals surface area contributed by atoms with Crippen LogP contribution in [-0.4, -0.2) is 24.1 Å². The molecule has 0 heterocycles. The summed E-state index contributed by atoms with van der Waals surface area (Å²) in [7, 11) is 0. The Labute approximate surface area is 208 Å². The lowest BCUT2D eigenvalue weighted by Crippen LogP contribution is -2.31. The third-order valence-corrected chi connectivity index (χ3v) is 5.68. The molecular weight excluding hydrogens is 438 g/mol. The summed E-state index contributed by atoms with van der Waals surface area (Å²) in [6.45, 7) is 5.45. The number of esters is 2. The summed E-state index contributed by atoms with van der Waals surface area (Å²) in [5, 5.41) is 0. The lowest BCUT2D eigenvalue weighted by Gasteiger charge is -2.24. The Kier molecular flexibility index (Phi) is 9.21. The molecule has 2 N–H and O–H groups in total. The first-order chi connectivity index (χ1) is 16.7. The molecule has 0 aliphatic carbocycles. The second-order valence-electron chi connectivity index (χ2n) is 9.72. The topological polar surface area (TPSA) is 78.6 Å². The van der Waals surface area contributed by atoms with Crippen molar-refractivity contribution in [1.82, 2.24) is 0 Å². The summed E-state index contributed by atoms with van der Waals surface area (Å²) in [5.41, 5.74) is 9.64. The minimum absolute atomic E-state index is 0.0242. The van der Waals surface area contributed by atoms with Gasteiger partial charge in [0.25, 0.3) is 0 Å². The Morgan fingerprint density at radius 1 is 0.800 bits per heavy atom. The van der Waals surface area contributed by atoms with Crippen LogP contribution in [0.25, 0.3) is 11.1 Å². The number of carbonyl (C=O) groups excluding carboxylic acids is 2. The molecule has 0 saturated heterocycles. The van der Waals surface area contributed by atoms with Crippen molar-refractivity contribution in [2.45, 2.75) is 51.7 Å². The minimum Gasteiger partial charge on any atom is -0.461 e. The first kappa shape index (κ1) is 26.2. The van der Waals surface area contributed by atoms with E-state index in [2.05, 4.69) is 36.4 Å². The summed E-state index contributed by atoms with van der Waals surface area (Å²) in [6.07, 6.45) is 1.93. The predicted octanol–water partition coefficient (Wildman–Crippen LogP) is 6.34. The molecule has 5 nitrogen and oxygen atoms in total. The normalized spacial score (nSPS) is 13.0. The first-order valence-electron chi connectivity index (χ1n) is 12.1. The van der Waals surface area contributed by atoms with Crippen molar-refractivity contribution in [3.8, 4) is 11.1 Å². The predicted molar refractivity (Wildman–Crippen MR) is 139 cm³/mol. The van der Waals surface area contributed by atoms with Gasteiger partial charge in [0.1, 0.15) is 12.2 Å². The molecule has 3 rings (SSSR count). The zero-order chi connectivity index (χ0) is 25.3. The van der Waals surface area contributed by atoms with Gasteiger partial charge in [-0.15, -0.1) is 0 Å². The second-order valence-corrected chi connectivity index (χ2v) is 9.72. The summed E-state index contributed by atoms with van der Waals surface area (Å²) in [5.74, 6) is -1.36. The zero-order valence-electron chi connectivity index (χ0n) is 20.8. The van der Waals surface area contributed by atoms with Gasteiger partial charge in [0.2, 0.25) is 0 Å². The molecule has 2 atom stereocenters. The SMILES string of the molecule is CC(C)(C)OC(=O)C(CCCC(N)c1ccc(-c2ccccc2)cc1)COC(=O)c1ccccc1. The van der Waals surface area contributed by atoms with Crippen LogP contribution in [0.4, 0.5) is 0 Å². The Balaban J connectivity index is 1.56. The highest BCUT2D eigenvalue weighted by atomic mass is 16.6. The maximum atomic E-state index is 12.8. The van der Waals surface area contributed by atoms with Crippen LogP contribution in [0, 0.1) is 5.92 Å². The molecule has 2 unspecified atom stereocenters. The van der Waals surface area contributed by atoms with Crippen LogP contribution in [0.5, 0.6) is 0 Å². The standard InChI is InChI=1S/C30H35NO4/c1-30(2,3)35-29(33)26(21-34-28(32)25-13-8-5-9-14-25)15-10-16-27(31)24-19-17-23(18-20-24)22-11-6-4-7-12-22/h4-9,11-14,17-20,26-27H,10,15-16,21,31H2,1-3H3. The molecule has 0 fully saturated rings. The van der Waals surface area contributed by atoms with Gasteiger partial charge in [-0.2, -0.15) is 0 Å². The molecule has 35 heavy (non-hydrogen) atoms. The highest BCUT2D eigenvalue weighted by Crippen LogP contribution is 2.25. The lowest BCUT2D eigenvalue weighted by molar-refractivity contribution is -0.161. The van der Waals surface area contributed by atoms with Crippen molar-refractivity contribution >= 4 is 11.9 Å². The Morgan fingerprint density at radius 2 is 1.37 bits per heavy atom. The van der Waals surface area contributed by atoms with E-state index in [1.165, 1.54) is 0 Å². The molecule has 0 bridgehead atoms. The zero-order valence-corrected chi connectivity index (χ0v) is 20.8. The number of hydrogen-bond acceptors (Lipinski definition) is 5. The molecule has 0 aliphatic rings. The fourth-order valence-electron chi connectivity index (χ4n) is 3.79. The third-order valence-electron chi connectivity index (χ3n) is 5.68. The van der Waals surface area contributed by atoms with Crippen molar-refractivity contribution < 1.29 is 19.1 Å². The number of ether oxygens (including phenoxy) is 2. The van der Waals surface area contributed by atoms with Crippen molar-refractivity contribution in [3.05, 3.63) is 96.1 Å². The van der Waals surface area contributed by atoms with Gasteiger partial charge < -0.3 is 15.2 Å². The average molecular weight is 474 g/mol. The summed E-state index contributed by atoms with van der Waals surface area (Å²) >= 11 is 0. The average Bonchev–Trinajstić information content (AvgIpc) is 2.85. The molecular formula is C30H35NO4. The van der Waals surface area contributed by atoms with Crippen LogP contribution in [0.1, 0.15) is 62.0 Å². The second kappa shape index (κ2) is 12.3. The fourth-order valence-corrected chi connectivity index (χ4v) is 3.79. The lowest BCUT2D eigenvalue weighted by atomic mass is 9.95. The van der Waals surface area contributed by atoms with Gasteiger partial charge in [-0.3, -0.25) is 4.79 Å². The maximum Gasteiger partial charge on any atom is 0.338 e. The molecule has 0 spiro atoms. The van der Waals surface area contributed by atoms with Crippen LogP contribution >= 0.6 is 0 Å². The van der Waals surface area contributed by atoms with Crippen LogP contribution < -0.4 is 5.73 Å². The van der Waals surface area contributed by atoms with Gasteiger partial charge in [0, 0.05) is 6.04 Å². The van der Waals surface area contributed by atoms with E-state index in [0.717, 1.165) is 16.7 Å². The number of benzene rings is 3. The molecule has 0 aromatic heterocycles. The van der Waals surface area contributed by atoms with Gasteiger partial charge in [-0.1, -0.05) is 79.2 Å². The number of nitrogens with two attached hydrogens (primary N) is 1. The van der Waals surface area contributed by atoms with Crippen molar-refractivity contribution in [2.75, 3.05) is 6.61 Å². The quantitative estimate of drug-likeness (QED) is 0.348. The summed E-state index contributed by atoms with van der Waals surface area (Å²) in [6, 6.07) is 27.1. The number of carbonyl (C=O) groups is 2. The molecule has 0 aliphatic heterocycles. The Morgan fingerprint density at radius 3 is 1.97 bits per heavy atom. The van der Waals surface area contributed by atoms with E-state index < -0.39 is 17.5 Å². The smallest absolute Gasteiger partial charge is 0.338 e. The van der Waals surface area contributed by atoms with E-state index in [1.54, 1.807) is 24.3 Å². The molecule has 0 saturated carbocycles. The summed E-state index contributed by atoms with van der Waals surface area (Å²) < 4.78 is 11.0. The van der Waals surface area contributed by atoms with Crippen molar-refractivity contribution in [2.24, 2.45) is 11.7 Å². The highest BCUT2D eigenvalue weighted by molar-refractivity contribution is 5.89. The fraction of sp³-hybridized carbons (Fsp3) is 0.333. The van der Waals surface area contributed by atoms with E-state index in [4.69, 9.17) is 15.2 Å². The molecule has 3 aromatic rings. The number of rotatable bonds is 10. The van der Waals surface area contributed by atoms with Gasteiger partial charge in [-0.25, -0.2) is 4.79 Å². The Hall–Kier alpha value is -3.44. The van der Waals surface area contributed by atoms with Gasteiger partial charge in [0.15, 0.2) is 0 Å². The number of hydrogen-bond donors (Lipinski definition) is 1. The van der Waals surface area contributed by atoms with Crippen molar-refractivity contribution in [3.63, 3.8) is 0 Å². The Bertz CT molecular complexity index is 1070. The minimum atomic E-state index is -0.615. The third kappa shape index (κ3) is 8.37. The maximum absolute atomic E-state index is 12.8. The van der Waals surface area contributed by atoms with E-state index in [1.807, 2.05) is 45.0 Å². The van der Waals surface area contributed by atoms with Gasteiger partial charge >= 0.3 is 11.9 Å². The largest absolute Gasteiger partial charge is 0.461 e. The molecule has 0 amide bonds. The molecule has 3 aromatic carbocycles. The summed E-state index contributed by atoms with van der Waals surface area (Å²) in [4.78, 5) is 25.1. The van der Waals surface area contributed by atoms with E-state index in [0.29, 0.717) is 24.8 Å². The van der Waals surface area contributed by atoms with Gasteiger partial charge in [0.05, 0.1) is 11.5 Å². The van der Waals surface area contributed by atoms with Crippen LogP contribution in [0.15, 0.2) is 84.9 Å². The van der Waals surface area contributed by atoms with E-state index in [-0.39, 0.29) is 18.6 Å². The van der Waals surface area contributed by atoms with E-state index in [9.17, 15) is 9.59 Å². The molecule has 184 valence electrons. The van der Waals surface area contributed by atoms with Gasteiger partial charge in [-0.05, 0) is 62.4 Å². The molecule has 5 heteroatoms. The highest BCUT2D eigenvalue weighted by Gasteiger charge is 2.27.